The van der Waals surface area contributed by atoms with Gasteiger partial charge in [-0.25, -0.2) is 0 Å². The normalized spacial score (nSPS) is 20.2. The molecule has 2 aromatic rings. The lowest BCUT2D eigenvalue weighted by Gasteiger charge is -2.44. The van der Waals surface area contributed by atoms with Crippen molar-refractivity contribution in [2.45, 2.75) is 25.9 Å². The van der Waals surface area contributed by atoms with Crippen LogP contribution in [0.25, 0.3) is 0 Å². The molecule has 0 radical (unpaired) electrons. The summed E-state index contributed by atoms with van der Waals surface area (Å²) in [5.74, 6) is -0.0841. The van der Waals surface area contributed by atoms with Gasteiger partial charge in [-0.2, -0.15) is 0 Å². The summed E-state index contributed by atoms with van der Waals surface area (Å²) in [5.41, 5.74) is 1.21. The van der Waals surface area contributed by atoms with E-state index in [0.29, 0.717) is 34.3 Å². The van der Waals surface area contributed by atoms with Crippen LogP contribution in [0.2, 0.25) is 10.0 Å². The van der Waals surface area contributed by atoms with Crippen LogP contribution in [-0.2, 0) is 0 Å². The van der Waals surface area contributed by atoms with Gasteiger partial charge in [0.15, 0.2) is 0 Å². The van der Waals surface area contributed by atoms with E-state index < -0.39 is 0 Å². The quantitative estimate of drug-likeness (QED) is 0.763. The largest absolute Gasteiger partial charge is 0.332 e. The van der Waals surface area contributed by atoms with E-state index in [4.69, 9.17) is 23.2 Å². The van der Waals surface area contributed by atoms with Crippen molar-refractivity contribution in [1.29, 1.82) is 0 Å². The van der Waals surface area contributed by atoms with Crippen LogP contribution in [0.1, 0.15) is 34.6 Å². The van der Waals surface area contributed by atoms with E-state index in [1.54, 1.807) is 48.5 Å². The smallest absolute Gasteiger partial charge is 0.254 e. The molecule has 0 saturated carbocycles. The molecule has 2 amide bonds. The Bertz CT molecular complexity index is 736. The number of hydrogen-bond acceptors (Lipinski definition) is 2. The lowest BCUT2D eigenvalue weighted by atomic mass is 10.0. The van der Waals surface area contributed by atoms with Crippen molar-refractivity contribution in [2.24, 2.45) is 0 Å². The van der Waals surface area contributed by atoms with E-state index in [1.165, 1.54) is 0 Å². The Balaban J connectivity index is 1.74. The third-order valence-corrected chi connectivity index (χ3v) is 5.19. The van der Waals surface area contributed by atoms with Gasteiger partial charge in [0.25, 0.3) is 11.8 Å². The molecule has 0 spiro atoms. The summed E-state index contributed by atoms with van der Waals surface area (Å²) < 4.78 is 0. The van der Waals surface area contributed by atoms with Gasteiger partial charge < -0.3 is 9.80 Å². The van der Waals surface area contributed by atoms with Gasteiger partial charge in [0, 0.05) is 46.3 Å². The molecular formula is C20H20Cl2N2O2. The molecule has 1 aliphatic rings. The highest BCUT2D eigenvalue weighted by Gasteiger charge is 2.35. The summed E-state index contributed by atoms with van der Waals surface area (Å²) in [6.45, 7) is 4.90. The van der Waals surface area contributed by atoms with Gasteiger partial charge in [-0.1, -0.05) is 23.2 Å². The van der Waals surface area contributed by atoms with Gasteiger partial charge in [-0.15, -0.1) is 0 Å². The molecule has 0 aliphatic carbocycles. The highest BCUT2D eigenvalue weighted by molar-refractivity contribution is 6.31. The first-order valence-corrected chi connectivity index (χ1v) is 9.25. The number of amides is 2. The number of rotatable bonds is 2. The van der Waals surface area contributed by atoms with Crippen molar-refractivity contribution >= 4 is 35.0 Å². The van der Waals surface area contributed by atoms with E-state index in [2.05, 4.69) is 0 Å². The van der Waals surface area contributed by atoms with Crippen LogP contribution in [0.5, 0.6) is 0 Å². The van der Waals surface area contributed by atoms with Crippen molar-refractivity contribution < 1.29 is 9.59 Å². The molecule has 1 fully saturated rings. The molecule has 2 aromatic carbocycles. The molecule has 2 atom stereocenters. The minimum Gasteiger partial charge on any atom is -0.332 e. The van der Waals surface area contributed by atoms with Crippen molar-refractivity contribution in [3.63, 3.8) is 0 Å². The summed E-state index contributed by atoms with van der Waals surface area (Å²) in [7, 11) is 0. The van der Waals surface area contributed by atoms with Crippen LogP contribution >= 0.6 is 23.2 Å². The maximum atomic E-state index is 12.8. The van der Waals surface area contributed by atoms with Crippen LogP contribution in [0, 0.1) is 0 Å². The number of nitrogens with zero attached hydrogens (tertiary/aromatic N) is 2. The second-order valence-corrected chi connectivity index (χ2v) is 7.50. The first kappa shape index (κ1) is 18.7. The molecule has 136 valence electrons. The van der Waals surface area contributed by atoms with Crippen molar-refractivity contribution in [3.8, 4) is 0 Å². The van der Waals surface area contributed by atoms with E-state index in [0.717, 1.165) is 0 Å². The summed E-state index contributed by atoms with van der Waals surface area (Å²) >= 11 is 11.8. The number of hydrogen-bond donors (Lipinski definition) is 0. The van der Waals surface area contributed by atoms with Crippen LogP contribution < -0.4 is 0 Å². The molecule has 1 aliphatic heterocycles. The Kier molecular flexibility index (Phi) is 5.54. The van der Waals surface area contributed by atoms with Crippen LogP contribution in [-0.4, -0.2) is 46.8 Å². The molecule has 6 heteroatoms. The molecule has 3 rings (SSSR count). The Morgan fingerprint density at radius 2 is 1.04 bits per heavy atom. The zero-order valence-electron chi connectivity index (χ0n) is 14.7. The zero-order chi connectivity index (χ0) is 18.8. The fourth-order valence-corrected chi connectivity index (χ4v) is 3.46. The first-order chi connectivity index (χ1) is 12.4. The summed E-state index contributed by atoms with van der Waals surface area (Å²) in [5, 5.41) is 1.20. The number of halogens is 2. The monoisotopic (exact) mass is 390 g/mol. The average molecular weight is 391 g/mol. The number of carbonyl (C=O) groups is 2. The number of carbonyl (C=O) groups excluding carboxylic acids is 2. The van der Waals surface area contributed by atoms with E-state index in [1.807, 2.05) is 23.6 Å². The Morgan fingerprint density at radius 1 is 0.731 bits per heavy atom. The predicted molar refractivity (Wildman–Crippen MR) is 104 cm³/mol. The number of piperazine rings is 1. The second-order valence-electron chi connectivity index (χ2n) is 6.63. The Morgan fingerprint density at radius 3 is 1.35 bits per heavy atom. The van der Waals surface area contributed by atoms with Crippen LogP contribution in [0.15, 0.2) is 48.5 Å². The van der Waals surface area contributed by atoms with Crippen LogP contribution in [0.3, 0.4) is 0 Å². The van der Waals surface area contributed by atoms with Gasteiger partial charge in [-0.05, 0) is 62.4 Å². The summed E-state index contributed by atoms with van der Waals surface area (Å²) in [4.78, 5) is 29.3. The maximum absolute atomic E-state index is 12.8. The minimum atomic E-state index is -0.0781. The van der Waals surface area contributed by atoms with Gasteiger partial charge in [0.1, 0.15) is 0 Å². The van der Waals surface area contributed by atoms with Gasteiger partial charge >= 0.3 is 0 Å². The van der Waals surface area contributed by atoms with Crippen molar-refractivity contribution in [3.05, 3.63) is 69.7 Å². The number of benzene rings is 2. The summed E-state index contributed by atoms with van der Waals surface area (Å²) in [6.07, 6.45) is 0. The molecule has 1 heterocycles. The van der Waals surface area contributed by atoms with Gasteiger partial charge in [0.2, 0.25) is 0 Å². The lowest BCUT2D eigenvalue weighted by Crippen LogP contribution is -2.59. The minimum absolute atomic E-state index is 0.0420. The molecule has 4 nitrogen and oxygen atoms in total. The molecule has 1 saturated heterocycles. The molecule has 0 bridgehead atoms. The highest BCUT2D eigenvalue weighted by atomic mass is 35.5. The fraction of sp³-hybridized carbons (Fsp3) is 0.300. The van der Waals surface area contributed by atoms with Crippen LogP contribution in [0.4, 0.5) is 0 Å². The maximum Gasteiger partial charge on any atom is 0.254 e. The Hall–Kier alpha value is -2.04. The topological polar surface area (TPSA) is 40.6 Å². The zero-order valence-corrected chi connectivity index (χ0v) is 16.2. The van der Waals surface area contributed by atoms with Crippen molar-refractivity contribution in [2.75, 3.05) is 13.1 Å². The molecule has 0 aromatic heterocycles. The van der Waals surface area contributed by atoms with E-state index >= 15 is 0 Å². The fourth-order valence-electron chi connectivity index (χ4n) is 3.21. The highest BCUT2D eigenvalue weighted by Crippen LogP contribution is 2.22. The Labute approximate surface area is 163 Å². The third-order valence-electron chi connectivity index (χ3n) is 4.69. The standard InChI is InChI=1S/C20H20Cl2N2O2/c1-13-11-24(20(26)16-5-9-18(22)10-6-16)14(2)12-23(13)19(25)15-3-7-17(21)8-4-15/h3-10,13-14H,11-12H2,1-2H3/t13-,14+. The third kappa shape index (κ3) is 3.87. The lowest BCUT2D eigenvalue weighted by molar-refractivity contribution is 0.0270. The summed E-state index contributed by atoms with van der Waals surface area (Å²) in [6, 6.07) is 13.6. The molecule has 0 N–H and O–H groups in total. The average Bonchev–Trinajstić information content (AvgIpc) is 2.63. The second kappa shape index (κ2) is 7.68. The SMILES string of the molecule is C[C@@H]1CN(C(=O)c2ccc(Cl)cc2)[C@@H](C)CN1C(=O)c1ccc(Cl)cc1. The van der Waals surface area contributed by atoms with E-state index in [9.17, 15) is 9.59 Å². The molecular weight excluding hydrogens is 371 g/mol. The molecule has 26 heavy (non-hydrogen) atoms. The van der Waals surface area contributed by atoms with Gasteiger partial charge in [-0.3, -0.25) is 9.59 Å². The van der Waals surface area contributed by atoms with Crippen molar-refractivity contribution in [1.82, 2.24) is 9.80 Å². The van der Waals surface area contributed by atoms with Gasteiger partial charge in [0.05, 0.1) is 0 Å². The van der Waals surface area contributed by atoms with E-state index in [-0.39, 0.29) is 23.9 Å². The predicted octanol–water partition coefficient (Wildman–Crippen LogP) is 4.37. The first-order valence-electron chi connectivity index (χ1n) is 8.50. The molecule has 0 unspecified atom stereocenters.